The average molecular weight is 487 g/mol. The van der Waals surface area contributed by atoms with E-state index in [2.05, 4.69) is 0 Å². The molecule has 0 aliphatic carbocycles. The summed E-state index contributed by atoms with van der Waals surface area (Å²) in [5, 5.41) is 8.48. The first-order valence-corrected chi connectivity index (χ1v) is 12.2. The minimum Gasteiger partial charge on any atom is -0.339 e. The lowest BCUT2D eigenvalue weighted by Crippen LogP contribution is -2.38. The minimum absolute atomic E-state index is 0.0623. The molecule has 1 N–H and O–H groups in total. The minimum atomic E-state index is -1.18. The maximum Gasteiger partial charge on any atom is 0.253 e. The molecule has 4 aromatic rings. The Morgan fingerprint density at radius 3 is 2.47 bits per heavy atom. The lowest BCUT2D eigenvalue weighted by atomic mass is 9.94. The molecule has 5 nitrogen and oxygen atoms in total. The number of aromatic nitrogens is 2. The first kappa shape index (κ1) is 23.9. The van der Waals surface area contributed by atoms with E-state index in [1.54, 1.807) is 34.9 Å². The molecule has 36 heavy (non-hydrogen) atoms. The Kier molecular flexibility index (Phi) is 6.39. The van der Waals surface area contributed by atoms with Crippen LogP contribution >= 0.6 is 0 Å². The van der Waals surface area contributed by atoms with Gasteiger partial charge in [-0.15, -0.1) is 0 Å². The van der Waals surface area contributed by atoms with E-state index >= 15 is 0 Å². The highest BCUT2D eigenvalue weighted by Crippen LogP contribution is 2.33. The maximum absolute atomic E-state index is 14.5. The van der Waals surface area contributed by atoms with Gasteiger partial charge in [-0.05, 0) is 68.7 Å². The molecule has 1 aliphatic heterocycles. The van der Waals surface area contributed by atoms with Gasteiger partial charge in [-0.1, -0.05) is 30.3 Å². The van der Waals surface area contributed by atoms with Crippen LogP contribution in [0.25, 0.3) is 11.0 Å². The number of fused-ring (bicyclic) bond motifs is 1. The number of aryl methyl sites for hydroxylation is 1. The zero-order chi connectivity index (χ0) is 25.4. The second kappa shape index (κ2) is 9.64. The summed E-state index contributed by atoms with van der Waals surface area (Å²) < 4.78 is 29.8. The quantitative estimate of drug-likeness (QED) is 0.332. The van der Waals surface area contributed by atoms with Crippen molar-refractivity contribution in [2.75, 3.05) is 13.1 Å². The molecule has 1 aliphatic rings. The summed E-state index contributed by atoms with van der Waals surface area (Å²) in [4.78, 5) is 19.8. The van der Waals surface area contributed by atoms with E-state index < -0.39 is 6.30 Å². The van der Waals surface area contributed by atoms with Crippen LogP contribution in [0.15, 0.2) is 66.7 Å². The number of imidazole rings is 1. The molecule has 5 rings (SSSR count). The molecule has 0 bridgehead atoms. The predicted molar refractivity (Wildman–Crippen MR) is 137 cm³/mol. The Bertz CT molecular complexity index is 1450. The normalized spacial score (nSPS) is 15.3. The summed E-state index contributed by atoms with van der Waals surface area (Å²) in [5.41, 5.74) is 4.30. The molecule has 1 amide bonds. The van der Waals surface area contributed by atoms with Crippen LogP contribution in [0.2, 0.25) is 0 Å². The highest BCUT2D eigenvalue weighted by atomic mass is 19.1. The lowest BCUT2D eigenvalue weighted by molar-refractivity contribution is 0.0708. The molecular formula is C29H28F2N4O. The monoisotopic (exact) mass is 486 g/mol. The number of amides is 1. The van der Waals surface area contributed by atoms with E-state index in [1.807, 2.05) is 36.1 Å². The number of nitrogens with zero attached hydrogens (tertiary/aromatic N) is 3. The molecule has 1 fully saturated rings. The van der Waals surface area contributed by atoms with E-state index in [1.165, 1.54) is 19.1 Å². The molecule has 3 aromatic carbocycles. The molecule has 0 spiro atoms. The molecular weight excluding hydrogens is 458 g/mol. The van der Waals surface area contributed by atoms with Crippen LogP contribution in [0.1, 0.15) is 64.9 Å². The summed E-state index contributed by atoms with van der Waals surface area (Å²) >= 11 is 0. The van der Waals surface area contributed by atoms with Gasteiger partial charge in [0.25, 0.3) is 5.91 Å². The second-order valence-corrected chi connectivity index (χ2v) is 9.38. The van der Waals surface area contributed by atoms with Gasteiger partial charge in [0.15, 0.2) is 6.30 Å². The summed E-state index contributed by atoms with van der Waals surface area (Å²) in [6.07, 6.45) is 0.242. The van der Waals surface area contributed by atoms with Gasteiger partial charge in [0.05, 0.1) is 16.7 Å². The smallest absolute Gasteiger partial charge is 0.253 e. The highest BCUT2D eigenvalue weighted by molar-refractivity contribution is 6.12. The molecule has 1 atom stereocenters. The Morgan fingerprint density at radius 2 is 1.78 bits per heavy atom. The average Bonchev–Trinajstić information content (AvgIpc) is 3.28. The first-order chi connectivity index (χ1) is 17.3. The van der Waals surface area contributed by atoms with E-state index in [-0.39, 0.29) is 23.4 Å². The number of para-hydroxylation sites is 2. The number of carbonyl (C=O) groups is 1. The van der Waals surface area contributed by atoms with Crippen LogP contribution in [0.3, 0.4) is 0 Å². The third kappa shape index (κ3) is 4.41. The van der Waals surface area contributed by atoms with E-state index in [9.17, 15) is 13.6 Å². The number of hydrogen-bond acceptors (Lipinski definition) is 3. The van der Waals surface area contributed by atoms with Gasteiger partial charge < -0.3 is 4.90 Å². The molecule has 7 heteroatoms. The highest BCUT2D eigenvalue weighted by Gasteiger charge is 2.29. The van der Waals surface area contributed by atoms with Crippen LogP contribution in [0, 0.1) is 18.2 Å². The van der Waals surface area contributed by atoms with Crippen LogP contribution in [-0.4, -0.2) is 39.2 Å². The first-order valence-electron chi connectivity index (χ1n) is 12.2. The third-order valence-electron chi connectivity index (χ3n) is 6.98. The molecule has 0 radical (unpaired) electrons. The van der Waals surface area contributed by atoms with Crippen LogP contribution < -0.4 is 0 Å². The van der Waals surface area contributed by atoms with Crippen molar-refractivity contribution in [3.05, 3.63) is 101 Å². The summed E-state index contributed by atoms with van der Waals surface area (Å²) in [5.74, 6) is 0.374. The number of halogens is 2. The van der Waals surface area contributed by atoms with Crippen LogP contribution in [0.5, 0.6) is 0 Å². The molecule has 1 saturated heterocycles. The Hall–Kier alpha value is -3.87. The second-order valence-electron chi connectivity index (χ2n) is 9.38. The molecule has 1 aromatic heterocycles. The third-order valence-corrected chi connectivity index (χ3v) is 6.98. The summed E-state index contributed by atoms with van der Waals surface area (Å²) in [6.45, 7) is 4.51. The SMILES string of the molecule is Cc1cc(C(=O)N2CCC(c3nc4ccccc4n3C(C)F)CC2)ccc1C(=N)c1cccc(F)c1. The van der Waals surface area contributed by atoms with Crippen molar-refractivity contribution in [1.29, 1.82) is 5.41 Å². The molecule has 0 saturated carbocycles. The predicted octanol–water partition coefficient (Wildman–Crippen LogP) is 6.41. The number of alkyl halides is 1. The van der Waals surface area contributed by atoms with Gasteiger partial charge in [0, 0.05) is 35.7 Å². The van der Waals surface area contributed by atoms with Gasteiger partial charge in [-0.25, -0.2) is 13.8 Å². The van der Waals surface area contributed by atoms with Gasteiger partial charge in [-0.2, -0.15) is 0 Å². The Balaban J connectivity index is 1.30. The number of piperidine rings is 1. The van der Waals surface area contributed by atoms with Crippen molar-refractivity contribution in [3.8, 4) is 0 Å². The fourth-order valence-electron chi connectivity index (χ4n) is 5.13. The van der Waals surface area contributed by atoms with Crippen molar-refractivity contribution < 1.29 is 13.6 Å². The molecule has 1 unspecified atom stereocenters. The summed E-state index contributed by atoms with van der Waals surface area (Å²) in [7, 11) is 0. The number of likely N-dealkylation sites (tertiary alicyclic amines) is 1. The summed E-state index contributed by atoms with van der Waals surface area (Å²) in [6, 6.07) is 18.8. The van der Waals surface area contributed by atoms with Gasteiger partial charge in [0.2, 0.25) is 0 Å². The van der Waals surface area contributed by atoms with Crippen molar-refractivity contribution in [2.24, 2.45) is 0 Å². The Morgan fingerprint density at radius 1 is 1.03 bits per heavy atom. The van der Waals surface area contributed by atoms with Crippen molar-refractivity contribution in [1.82, 2.24) is 14.5 Å². The topological polar surface area (TPSA) is 62.0 Å². The van der Waals surface area contributed by atoms with Crippen LogP contribution in [-0.2, 0) is 0 Å². The van der Waals surface area contributed by atoms with Crippen LogP contribution in [0.4, 0.5) is 8.78 Å². The number of nitrogens with one attached hydrogen (secondary N) is 1. The van der Waals surface area contributed by atoms with Crippen molar-refractivity contribution in [2.45, 2.75) is 38.9 Å². The number of carbonyl (C=O) groups excluding carboxylic acids is 1. The standard InChI is InChI=1S/C29H28F2N4O/c1-18-16-22(10-11-24(18)27(32)21-6-5-7-23(31)17-21)29(36)34-14-12-20(13-15-34)28-33-25-8-3-4-9-26(25)35(28)19(2)30/h3-11,16-17,19-20,32H,12-15H2,1-2H3. The fraction of sp³-hybridized carbons (Fsp3) is 0.276. The molecule has 184 valence electrons. The van der Waals surface area contributed by atoms with Gasteiger partial charge >= 0.3 is 0 Å². The number of benzene rings is 3. The van der Waals surface area contributed by atoms with E-state index in [0.717, 1.165) is 22.4 Å². The number of rotatable bonds is 5. The fourth-order valence-corrected chi connectivity index (χ4v) is 5.13. The zero-order valence-corrected chi connectivity index (χ0v) is 20.3. The van der Waals surface area contributed by atoms with Gasteiger partial charge in [-0.3, -0.25) is 14.8 Å². The lowest BCUT2D eigenvalue weighted by Gasteiger charge is -2.32. The van der Waals surface area contributed by atoms with E-state index in [0.29, 0.717) is 42.6 Å². The number of hydrogen-bond donors (Lipinski definition) is 1. The van der Waals surface area contributed by atoms with Crippen molar-refractivity contribution >= 4 is 22.7 Å². The van der Waals surface area contributed by atoms with Crippen molar-refractivity contribution in [3.63, 3.8) is 0 Å². The molecule has 2 heterocycles. The zero-order valence-electron chi connectivity index (χ0n) is 20.3. The van der Waals surface area contributed by atoms with Gasteiger partial charge in [0.1, 0.15) is 11.6 Å². The maximum atomic E-state index is 14.5. The van der Waals surface area contributed by atoms with E-state index in [4.69, 9.17) is 10.4 Å². The Labute approximate surface area is 208 Å². The largest absolute Gasteiger partial charge is 0.339 e.